The van der Waals surface area contributed by atoms with Crippen LogP contribution in [0.15, 0.2) is 46.9 Å². The first-order chi connectivity index (χ1) is 9.95. The lowest BCUT2D eigenvalue weighted by molar-refractivity contribution is -0.122. The van der Waals surface area contributed by atoms with Gasteiger partial charge in [-0.25, -0.2) is 4.39 Å². The third kappa shape index (κ3) is 4.44. The van der Waals surface area contributed by atoms with Crippen molar-refractivity contribution in [2.24, 2.45) is 0 Å². The topological polar surface area (TPSA) is 38.3 Å². The molecule has 6 heteroatoms. The fourth-order valence-corrected chi connectivity index (χ4v) is 2.04. The number of hydrogen-bond acceptors (Lipinski definition) is 2. The molecule has 1 amide bonds. The number of amides is 1. The Bertz CT molecular complexity index is 666. The van der Waals surface area contributed by atoms with E-state index in [1.54, 1.807) is 37.3 Å². The maximum absolute atomic E-state index is 13.4. The molecule has 0 radical (unpaired) electrons. The number of ether oxygens (including phenoxy) is 1. The molecule has 21 heavy (non-hydrogen) atoms. The van der Waals surface area contributed by atoms with Crippen molar-refractivity contribution in [1.29, 1.82) is 0 Å². The van der Waals surface area contributed by atoms with Crippen LogP contribution in [0.25, 0.3) is 0 Å². The number of rotatable bonds is 4. The van der Waals surface area contributed by atoms with Crippen LogP contribution in [0.3, 0.4) is 0 Å². The van der Waals surface area contributed by atoms with Gasteiger partial charge in [-0.05, 0) is 59.3 Å². The number of halogens is 3. The Morgan fingerprint density at radius 3 is 2.76 bits per heavy atom. The zero-order chi connectivity index (χ0) is 15.4. The van der Waals surface area contributed by atoms with Gasteiger partial charge in [-0.3, -0.25) is 4.79 Å². The molecule has 0 aliphatic rings. The van der Waals surface area contributed by atoms with Gasteiger partial charge in [0.15, 0.2) is 6.10 Å². The summed E-state index contributed by atoms with van der Waals surface area (Å²) in [7, 11) is 0. The van der Waals surface area contributed by atoms with Crippen molar-refractivity contribution in [1.82, 2.24) is 0 Å². The van der Waals surface area contributed by atoms with E-state index in [1.807, 2.05) is 0 Å². The van der Waals surface area contributed by atoms with Gasteiger partial charge in [0.05, 0.1) is 4.47 Å². The average molecular weight is 373 g/mol. The van der Waals surface area contributed by atoms with E-state index in [-0.39, 0.29) is 5.91 Å². The second-order valence-electron chi connectivity index (χ2n) is 4.34. The molecule has 0 spiro atoms. The van der Waals surface area contributed by atoms with Crippen molar-refractivity contribution in [3.8, 4) is 5.75 Å². The van der Waals surface area contributed by atoms with Crippen LogP contribution in [0.2, 0.25) is 5.02 Å². The van der Waals surface area contributed by atoms with Crippen LogP contribution in [0.4, 0.5) is 10.1 Å². The highest BCUT2D eigenvalue weighted by molar-refractivity contribution is 9.10. The van der Waals surface area contributed by atoms with E-state index < -0.39 is 11.9 Å². The minimum atomic E-state index is -0.741. The summed E-state index contributed by atoms with van der Waals surface area (Å²) < 4.78 is 19.2. The fourth-order valence-electron chi connectivity index (χ4n) is 1.62. The third-order valence-electron chi connectivity index (χ3n) is 2.67. The van der Waals surface area contributed by atoms with E-state index in [9.17, 15) is 9.18 Å². The summed E-state index contributed by atoms with van der Waals surface area (Å²) in [4.78, 5) is 12.0. The van der Waals surface area contributed by atoms with Crippen LogP contribution >= 0.6 is 27.5 Å². The summed E-state index contributed by atoms with van der Waals surface area (Å²) in [5, 5.41) is 3.11. The molecule has 0 aliphatic heterocycles. The van der Waals surface area contributed by atoms with Gasteiger partial charge < -0.3 is 10.1 Å². The molecule has 110 valence electrons. The molecule has 2 aromatic carbocycles. The van der Waals surface area contributed by atoms with E-state index in [2.05, 4.69) is 21.2 Å². The second kappa shape index (κ2) is 6.91. The molecule has 0 aromatic heterocycles. The van der Waals surface area contributed by atoms with Gasteiger partial charge >= 0.3 is 0 Å². The lowest BCUT2D eigenvalue weighted by atomic mass is 10.3. The van der Waals surface area contributed by atoms with Gasteiger partial charge in [0.2, 0.25) is 0 Å². The predicted molar refractivity (Wildman–Crippen MR) is 84.3 cm³/mol. The van der Waals surface area contributed by atoms with Gasteiger partial charge in [0, 0.05) is 10.7 Å². The van der Waals surface area contributed by atoms with Crippen LogP contribution in [-0.4, -0.2) is 12.0 Å². The summed E-state index contributed by atoms with van der Waals surface area (Å²) in [6, 6.07) is 11.1. The number of benzene rings is 2. The number of anilines is 1. The maximum atomic E-state index is 13.4. The van der Waals surface area contributed by atoms with Crippen molar-refractivity contribution < 1.29 is 13.9 Å². The molecule has 2 aromatic rings. The molecule has 3 nitrogen and oxygen atoms in total. The molecule has 0 saturated heterocycles. The van der Waals surface area contributed by atoms with Gasteiger partial charge in [0.1, 0.15) is 11.6 Å². The van der Waals surface area contributed by atoms with Crippen molar-refractivity contribution in [3.63, 3.8) is 0 Å². The Hall–Kier alpha value is -1.59. The van der Waals surface area contributed by atoms with Gasteiger partial charge in [-0.15, -0.1) is 0 Å². The van der Waals surface area contributed by atoms with Crippen LogP contribution in [0.1, 0.15) is 6.92 Å². The fraction of sp³-hybridized carbons (Fsp3) is 0.133. The molecule has 2 rings (SSSR count). The molecule has 1 N–H and O–H groups in total. The SMILES string of the molecule is CC(Oc1cccc(Cl)c1)C(=O)Nc1ccc(Br)c(F)c1. The Labute approximate surface area is 135 Å². The van der Waals surface area contributed by atoms with Crippen LogP contribution in [0.5, 0.6) is 5.75 Å². The quantitative estimate of drug-likeness (QED) is 0.848. The van der Waals surface area contributed by atoms with Crippen LogP contribution < -0.4 is 10.1 Å². The van der Waals surface area contributed by atoms with Crippen molar-refractivity contribution in [3.05, 3.63) is 57.8 Å². The van der Waals surface area contributed by atoms with E-state index in [1.165, 1.54) is 12.1 Å². The Morgan fingerprint density at radius 1 is 1.33 bits per heavy atom. The molecule has 1 atom stereocenters. The van der Waals surface area contributed by atoms with Crippen molar-refractivity contribution in [2.75, 3.05) is 5.32 Å². The first-order valence-electron chi connectivity index (χ1n) is 6.14. The zero-order valence-electron chi connectivity index (χ0n) is 11.1. The molecular formula is C15H12BrClFNO2. The van der Waals surface area contributed by atoms with Crippen LogP contribution in [0, 0.1) is 5.82 Å². The molecule has 0 saturated carbocycles. The molecule has 1 unspecified atom stereocenters. The highest BCUT2D eigenvalue weighted by atomic mass is 79.9. The minimum Gasteiger partial charge on any atom is -0.481 e. The normalized spacial score (nSPS) is 11.8. The molecule has 0 aliphatic carbocycles. The monoisotopic (exact) mass is 371 g/mol. The minimum absolute atomic E-state index is 0.337. The number of hydrogen-bond donors (Lipinski definition) is 1. The summed E-state index contributed by atoms with van der Waals surface area (Å²) >= 11 is 8.89. The van der Waals surface area contributed by atoms with Gasteiger partial charge in [-0.2, -0.15) is 0 Å². The molecular weight excluding hydrogens is 361 g/mol. The first kappa shape index (κ1) is 15.8. The third-order valence-corrected chi connectivity index (χ3v) is 3.54. The summed E-state index contributed by atoms with van der Waals surface area (Å²) in [6.45, 7) is 1.60. The molecule has 0 fully saturated rings. The summed E-state index contributed by atoms with van der Waals surface area (Å²) in [6.07, 6.45) is -0.741. The Kier molecular flexibility index (Phi) is 5.20. The van der Waals surface area contributed by atoms with Gasteiger partial charge in [-0.1, -0.05) is 17.7 Å². The lowest BCUT2D eigenvalue weighted by Gasteiger charge is -2.15. The highest BCUT2D eigenvalue weighted by Crippen LogP contribution is 2.21. The predicted octanol–water partition coefficient (Wildman–Crippen LogP) is 4.65. The van der Waals surface area contributed by atoms with E-state index in [4.69, 9.17) is 16.3 Å². The number of carbonyl (C=O) groups is 1. The van der Waals surface area contributed by atoms with E-state index in [0.717, 1.165) is 0 Å². The standard InChI is InChI=1S/C15H12BrClFNO2/c1-9(21-12-4-2-3-10(17)7-12)15(20)19-11-5-6-13(16)14(18)8-11/h2-9H,1H3,(H,19,20). The van der Waals surface area contributed by atoms with Crippen LogP contribution in [-0.2, 0) is 4.79 Å². The van der Waals surface area contributed by atoms with Crippen molar-refractivity contribution in [2.45, 2.75) is 13.0 Å². The summed E-state index contributed by atoms with van der Waals surface area (Å²) in [5.74, 6) is -0.333. The second-order valence-corrected chi connectivity index (χ2v) is 5.63. The zero-order valence-corrected chi connectivity index (χ0v) is 13.4. The number of carbonyl (C=O) groups excluding carboxylic acids is 1. The number of nitrogens with one attached hydrogen (secondary N) is 1. The first-order valence-corrected chi connectivity index (χ1v) is 7.31. The average Bonchev–Trinajstić information content (AvgIpc) is 2.43. The maximum Gasteiger partial charge on any atom is 0.265 e. The lowest BCUT2D eigenvalue weighted by Crippen LogP contribution is -2.30. The molecule has 0 bridgehead atoms. The Morgan fingerprint density at radius 2 is 2.10 bits per heavy atom. The Balaban J connectivity index is 2.00. The summed E-state index contributed by atoms with van der Waals surface area (Å²) in [5.41, 5.74) is 0.363. The van der Waals surface area contributed by atoms with E-state index >= 15 is 0 Å². The largest absolute Gasteiger partial charge is 0.481 e. The van der Waals surface area contributed by atoms with Crippen molar-refractivity contribution >= 4 is 39.1 Å². The molecule has 0 heterocycles. The highest BCUT2D eigenvalue weighted by Gasteiger charge is 2.15. The smallest absolute Gasteiger partial charge is 0.265 e. The van der Waals surface area contributed by atoms with E-state index in [0.29, 0.717) is 20.9 Å². The van der Waals surface area contributed by atoms with Gasteiger partial charge in [0.25, 0.3) is 5.91 Å².